The molecule has 1 aliphatic rings. The van der Waals surface area contributed by atoms with Gasteiger partial charge in [-0.3, -0.25) is 4.79 Å². The standard InChI is InChI=1S/C23H40O8/c1-7-8-9-10-11-16(24)12-13-17(25)30-20-14(2)18(26)23(6,29)19(27)15(3)21(28)31-22(20,4)5/h12-16,18-20,24,26-27,29H,7-11H2,1-6H3/b13-12+/t14-,15+,16?,18-,19+,20+,23+/m0/s1. The summed E-state index contributed by atoms with van der Waals surface area (Å²) in [6.45, 7) is 9.35. The van der Waals surface area contributed by atoms with E-state index in [0.29, 0.717) is 6.42 Å². The van der Waals surface area contributed by atoms with Gasteiger partial charge in [0.2, 0.25) is 0 Å². The predicted octanol–water partition coefficient (Wildman–Crippen LogP) is 1.87. The molecule has 180 valence electrons. The van der Waals surface area contributed by atoms with Crippen LogP contribution >= 0.6 is 0 Å². The van der Waals surface area contributed by atoms with Crippen molar-refractivity contribution in [3.05, 3.63) is 12.2 Å². The van der Waals surface area contributed by atoms with Gasteiger partial charge < -0.3 is 29.9 Å². The molecule has 0 spiro atoms. The molecule has 0 aromatic heterocycles. The zero-order valence-electron chi connectivity index (χ0n) is 19.6. The average Bonchev–Trinajstić information content (AvgIpc) is 2.70. The lowest BCUT2D eigenvalue weighted by Gasteiger charge is -2.41. The highest BCUT2D eigenvalue weighted by Crippen LogP contribution is 2.36. The van der Waals surface area contributed by atoms with Gasteiger partial charge in [-0.2, -0.15) is 0 Å². The Morgan fingerprint density at radius 1 is 1.16 bits per heavy atom. The van der Waals surface area contributed by atoms with Gasteiger partial charge in [0.05, 0.1) is 24.2 Å². The van der Waals surface area contributed by atoms with Crippen LogP contribution in [0.15, 0.2) is 12.2 Å². The molecule has 7 atom stereocenters. The Morgan fingerprint density at radius 3 is 2.35 bits per heavy atom. The first kappa shape index (κ1) is 27.6. The molecule has 0 aromatic carbocycles. The second-order valence-electron chi connectivity index (χ2n) is 9.42. The molecule has 1 saturated heterocycles. The summed E-state index contributed by atoms with van der Waals surface area (Å²) in [6, 6.07) is 0. The molecule has 31 heavy (non-hydrogen) atoms. The van der Waals surface area contributed by atoms with E-state index in [1.54, 1.807) is 6.92 Å². The molecule has 8 heteroatoms. The SMILES string of the molecule is CCCCCCC(O)/C=C/C(=O)O[C@@H]1[C@@H](C)[C@H](O)[C@@](C)(O)[C@H](O)[C@@H](C)C(=O)OC1(C)C. The largest absolute Gasteiger partial charge is 0.455 e. The van der Waals surface area contributed by atoms with Crippen LogP contribution in [0.25, 0.3) is 0 Å². The first-order valence-electron chi connectivity index (χ1n) is 11.1. The summed E-state index contributed by atoms with van der Waals surface area (Å²) in [7, 11) is 0. The van der Waals surface area contributed by atoms with E-state index in [1.165, 1.54) is 33.8 Å². The number of aliphatic hydroxyl groups excluding tert-OH is 3. The molecule has 0 amide bonds. The Hall–Kier alpha value is -1.48. The Morgan fingerprint density at radius 2 is 1.77 bits per heavy atom. The van der Waals surface area contributed by atoms with Crippen LogP contribution in [-0.2, 0) is 19.1 Å². The minimum absolute atomic E-state index is 0.532. The predicted molar refractivity (Wildman–Crippen MR) is 115 cm³/mol. The average molecular weight is 445 g/mol. The summed E-state index contributed by atoms with van der Waals surface area (Å²) >= 11 is 0. The minimum atomic E-state index is -2.03. The second kappa shape index (κ2) is 11.4. The zero-order valence-corrected chi connectivity index (χ0v) is 19.6. The highest BCUT2D eigenvalue weighted by Gasteiger charge is 2.53. The lowest BCUT2D eigenvalue weighted by molar-refractivity contribution is -0.192. The van der Waals surface area contributed by atoms with Gasteiger partial charge in [-0.15, -0.1) is 0 Å². The van der Waals surface area contributed by atoms with Crippen molar-refractivity contribution >= 4 is 11.9 Å². The van der Waals surface area contributed by atoms with Crippen molar-refractivity contribution in [3.8, 4) is 0 Å². The highest BCUT2D eigenvalue weighted by atomic mass is 16.6. The molecule has 0 bridgehead atoms. The first-order valence-corrected chi connectivity index (χ1v) is 11.1. The van der Waals surface area contributed by atoms with E-state index in [0.717, 1.165) is 31.8 Å². The Bertz CT molecular complexity index is 627. The molecule has 1 aliphatic heterocycles. The third-order valence-electron chi connectivity index (χ3n) is 6.12. The van der Waals surface area contributed by atoms with Crippen LogP contribution in [0.5, 0.6) is 0 Å². The number of carbonyl (C=O) groups is 2. The van der Waals surface area contributed by atoms with Gasteiger partial charge in [-0.1, -0.05) is 39.5 Å². The van der Waals surface area contributed by atoms with Crippen LogP contribution in [0.2, 0.25) is 0 Å². The van der Waals surface area contributed by atoms with Crippen molar-refractivity contribution in [1.29, 1.82) is 0 Å². The Labute approximate surface area is 185 Å². The number of ether oxygens (including phenoxy) is 2. The number of carbonyl (C=O) groups excluding carboxylic acids is 2. The molecule has 1 fully saturated rings. The lowest BCUT2D eigenvalue weighted by atomic mass is 9.77. The van der Waals surface area contributed by atoms with Gasteiger partial charge in [-0.25, -0.2) is 4.79 Å². The number of hydrogen-bond acceptors (Lipinski definition) is 8. The van der Waals surface area contributed by atoms with Crippen LogP contribution in [-0.4, -0.2) is 68.0 Å². The van der Waals surface area contributed by atoms with Crippen LogP contribution < -0.4 is 0 Å². The molecular formula is C23H40O8. The molecule has 0 saturated carbocycles. The number of esters is 2. The van der Waals surface area contributed by atoms with Crippen molar-refractivity contribution in [2.45, 2.75) is 109 Å². The van der Waals surface area contributed by atoms with Crippen molar-refractivity contribution in [2.75, 3.05) is 0 Å². The maximum absolute atomic E-state index is 12.5. The fraction of sp³-hybridized carbons (Fsp3) is 0.826. The van der Waals surface area contributed by atoms with Crippen molar-refractivity contribution < 1.29 is 39.5 Å². The highest BCUT2D eigenvalue weighted by molar-refractivity contribution is 5.82. The summed E-state index contributed by atoms with van der Waals surface area (Å²) in [4.78, 5) is 24.9. The summed E-state index contributed by atoms with van der Waals surface area (Å²) < 4.78 is 11.0. The summed E-state index contributed by atoms with van der Waals surface area (Å²) in [5, 5.41) is 41.9. The molecule has 8 nitrogen and oxygen atoms in total. The second-order valence-corrected chi connectivity index (χ2v) is 9.42. The normalized spacial score (nSPS) is 35.0. The van der Waals surface area contributed by atoms with E-state index in [-0.39, 0.29) is 0 Å². The zero-order chi connectivity index (χ0) is 24.0. The fourth-order valence-electron chi connectivity index (χ4n) is 4.03. The molecule has 1 rings (SSSR count). The maximum atomic E-state index is 12.5. The molecule has 0 radical (unpaired) electrons. The fourth-order valence-corrected chi connectivity index (χ4v) is 4.03. The van der Waals surface area contributed by atoms with Crippen LogP contribution in [0.3, 0.4) is 0 Å². The Kier molecular flexibility index (Phi) is 10.1. The molecule has 1 heterocycles. The van der Waals surface area contributed by atoms with Crippen molar-refractivity contribution in [2.24, 2.45) is 11.8 Å². The van der Waals surface area contributed by atoms with Gasteiger partial charge in [0.25, 0.3) is 0 Å². The number of unbranched alkanes of at least 4 members (excludes halogenated alkanes) is 3. The van der Waals surface area contributed by atoms with E-state index in [4.69, 9.17) is 9.47 Å². The number of hydrogen-bond donors (Lipinski definition) is 4. The van der Waals surface area contributed by atoms with Crippen LogP contribution in [0.4, 0.5) is 0 Å². The summed E-state index contributed by atoms with van der Waals surface area (Å²) in [5.74, 6) is -3.53. The summed E-state index contributed by atoms with van der Waals surface area (Å²) in [6.07, 6.45) is 2.04. The van der Waals surface area contributed by atoms with Gasteiger partial charge in [0.15, 0.2) is 0 Å². The van der Waals surface area contributed by atoms with E-state index in [2.05, 4.69) is 6.92 Å². The van der Waals surface area contributed by atoms with Crippen LogP contribution in [0, 0.1) is 11.8 Å². The maximum Gasteiger partial charge on any atom is 0.330 e. The number of cyclic esters (lactones) is 1. The third-order valence-corrected chi connectivity index (χ3v) is 6.12. The van der Waals surface area contributed by atoms with Crippen molar-refractivity contribution in [3.63, 3.8) is 0 Å². The molecule has 4 N–H and O–H groups in total. The van der Waals surface area contributed by atoms with Gasteiger partial charge in [0, 0.05) is 12.0 Å². The summed E-state index contributed by atoms with van der Waals surface area (Å²) in [5.41, 5.74) is -3.37. The smallest absolute Gasteiger partial charge is 0.330 e. The Balaban J connectivity index is 3.00. The number of rotatable bonds is 8. The van der Waals surface area contributed by atoms with Gasteiger partial charge >= 0.3 is 11.9 Å². The molecule has 1 unspecified atom stereocenters. The topological polar surface area (TPSA) is 134 Å². The van der Waals surface area contributed by atoms with E-state index in [1.807, 2.05) is 0 Å². The van der Waals surface area contributed by atoms with E-state index >= 15 is 0 Å². The molecular weight excluding hydrogens is 404 g/mol. The minimum Gasteiger partial charge on any atom is -0.455 e. The number of aliphatic hydroxyl groups is 4. The molecule has 0 aliphatic carbocycles. The molecule has 0 aromatic rings. The van der Waals surface area contributed by atoms with Crippen molar-refractivity contribution in [1.82, 2.24) is 0 Å². The lowest BCUT2D eigenvalue weighted by Crippen LogP contribution is -2.58. The monoisotopic (exact) mass is 444 g/mol. The first-order chi connectivity index (χ1) is 14.3. The quantitative estimate of drug-likeness (QED) is 0.253. The van der Waals surface area contributed by atoms with E-state index in [9.17, 15) is 30.0 Å². The van der Waals surface area contributed by atoms with Crippen LogP contribution in [0.1, 0.15) is 73.6 Å². The van der Waals surface area contributed by atoms with E-state index < -0.39 is 59.4 Å². The van der Waals surface area contributed by atoms with Gasteiger partial charge in [0.1, 0.15) is 17.3 Å². The third kappa shape index (κ3) is 7.27. The van der Waals surface area contributed by atoms with Gasteiger partial charge in [-0.05, 0) is 40.2 Å².